The zero-order valence-corrected chi connectivity index (χ0v) is 15.0. The van der Waals surface area contributed by atoms with Crippen molar-refractivity contribution in [3.8, 4) is 11.3 Å². The highest BCUT2D eigenvalue weighted by atomic mass is 16.5. The van der Waals surface area contributed by atoms with Crippen LogP contribution in [-0.4, -0.2) is 47.0 Å². The molecular weight excluding hydrogens is 342 g/mol. The predicted molar refractivity (Wildman–Crippen MR) is 104 cm³/mol. The van der Waals surface area contributed by atoms with Gasteiger partial charge >= 0.3 is 12.0 Å². The quantitative estimate of drug-likeness (QED) is 0.668. The molecule has 0 aliphatic carbocycles. The molecule has 0 saturated heterocycles. The maximum absolute atomic E-state index is 12.3. The summed E-state index contributed by atoms with van der Waals surface area (Å²) in [6, 6.07) is 19.6. The van der Waals surface area contributed by atoms with Gasteiger partial charge in [0.2, 0.25) is 0 Å². The Morgan fingerprint density at radius 3 is 2.63 bits per heavy atom. The number of hydrogen-bond donors (Lipinski definition) is 0. The van der Waals surface area contributed by atoms with E-state index in [2.05, 4.69) is 11.1 Å². The van der Waals surface area contributed by atoms with Gasteiger partial charge in [0.1, 0.15) is 12.4 Å². The van der Waals surface area contributed by atoms with E-state index in [9.17, 15) is 9.59 Å². The smallest absolute Gasteiger partial charge is 0.346 e. The van der Waals surface area contributed by atoms with E-state index in [-0.39, 0.29) is 19.7 Å². The molecule has 1 aliphatic heterocycles. The Morgan fingerprint density at radius 1 is 1.11 bits per heavy atom. The van der Waals surface area contributed by atoms with Crippen LogP contribution in [0.3, 0.4) is 0 Å². The van der Waals surface area contributed by atoms with Crippen molar-refractivity contribution in [3.63, 3.8) is 0 Å². The van der Waals surface area contributed by atoms with E-state index in [0.717, 1.165) is 22.2 Å². The summed E-state index contributed by atoms with van der Waals surface area (Å²) in [5.41, 5.74) is 2.97. The van der Waals surface area contributed by atoms with Crippen molar-refractivity contribution in [2.24, 2.45) is 4.99 Å². The van der Waals surface area contributed by atoms with Crippen LogP contribution in [0.2, 0.25) is 0 Å². The van der Waals surface area contributed by atoms with Gasteiger partial charge in [0.25, 0.3) is 0 Å². The first-order valence-electron chi connectivity index (χ1n) is 8.85. The lowest BCUT2D eigenvalue weighted by molar-refractivity contribution is -0.143. The summed E-state index contributed by atoms with van der Waals surface area (Å²) in [5.74, 6) is 0.173. The SMILES string of the molecule is CCOC(=O)CN1CC(n2c(-c3ccccc3)cc3ccccc32)=NC1=O. The fourth-order valence-corrected chi connectivity index (χ4v) is 3.32. The predicted octanol–water partition coefficient (Wildman–Crippen LogP) is 3.55. The third-order valence-corrected chi connectivity index (χ3v) is 4.49. The van der Waals surface area contributed by atoms with Crippen molar-refractivity contribution in [1.29, 1.82) is 0 Å². The van der Waals surface area contributed by atoms with E-state index in [1.807, 2.05) is 59.2 Å². The standard InChI is InChI=1S/C21H19N3O3/c1-2-27-20(25)14-23-13-19(22-21(23)26)24-17-11-7-6-10-16(17)12-18(24)15-8-4-3-5-9-15/h3-12H,2,13-14H2,1H3. The van der Waals surface area contributed by atoms with Gasteiger partial charge in [-0.05, 0) is 24.6 Å². The zero-order chi connectivity index (χ0) is 18.8. The third-order valence-electron chi connectivity index (χ3n) is 4.49. The van der Waals surface area contributed by atoms with Crippen molar-refractivity contribution in [2.45, 2.75) is 6.92 Å². The summed E-state index contributed by atoms with van der Waals surface area (Å²) >= 11 is 0. The molecule has 3 aromatic rings. The van der Waals surface area contributed by atoms with Crippen LogP contribution in [0.25, 0.3) is 22.2 Å². The summed E-state index contributed by atoms with van der Waals surface area (Å²) < 4.78 is 6.94. The molecule has 1 aliphatic rings. The van der Waals surface area contributed by atoms with Gasteiger partial charge in [0.05, 0.1) is 24.4 Å². The number of fused-ring (bicyclic) bond motifs is 1. The largest absolute Gasteiger partial charge is 0.465 e. The first-order valence-corrected chi connectivity index (χ1v) is 8.85. The van der Waals surface area contributed by atoms with Crippen molar-refractivity contribution in [2.75, 3.05) is 19.7 Å². The summed E-state index contributed by atoms with van der Waals surface area (Å²) in [6.45, 7) is 2.19. The number of hydrogen-bond acceptors (Lipinski definition) is 3. The molecule has 0 fully saturated rings. The molecule has 2 aromatic carbocycles. The monoisotopic (exact) mass is 361 g/mol. The number of benzene rings is 2. The Hall–Kier alpha value is -3.41. The fraction of sp³-hybridized carbons (Fsp3) is 0.190. The number of ether oxygens (including phenoxy) is 1. The molecule has 6 heteroatoms. The van der Waals surface area contributed by atoms with E-state index in [0.29, 0.717) is 5.84 Å². The van der Waals surface area contributed by atoms with Gasteiger partial charge in [-0.3, -0.25) is 9.36 Å². The van der Waals surface area contributed by atoms with Crippen LogP contribution >= 0.6 is 0 Å². The fourth-order valence-electron chi connectivity index (χ4n) is 3.32. The number of rotatable bonds is 4. The number of aromatic nitrogens is 1. The Balaban J connectivity index is 1.75. The van der Waals surface area contributed by atoms with Gasteiger partial charge in [-0.15, -0.1) is 0 Å². The van der Waals surface area contributed by atoms with Crippen molar-refractivity contribution >= 4 is 28.7 Å². The molecule has 6 nitrogen and oxygen atoms in total. The Labute approximate surface area is 156 Å². The Bertz CT molecular complexity index is 1040. The lowest BCUT2D eigenvalue weighted by Gasteiger charge is -2.15. The topological polar surface area (TPSA) is 63.9 Å². The molecule has 4 rings (SSSR count). The van der Waals surface area contributed by atoms with Gasteiger partial charge in [-0.1, -0.05) is 48.5 Å². The minimum Gasteiger partial charge on any atom is -0.465 e. The summed E-state index contributed by atoms with van der Waals surface area (Å²) in [6.07, 6.45) is 0. The van der Waals surface area contributed by atoms with E-state index in [1.165, 1.54) is 4.90 Å². The van der Waals surface area contributed by atoms with Crippen molar-refractivity contribution in [1.82, 2.24) is 9.47 Å². The van der Waals surface area contributed by atoms with Gasteiger partial charge in [-0.25, -0.2) is 4.79 Å². The summed E-state index contributed by atoms with van der Waals surface area (Å²) in [5, 5.41) is 1.07. The molecule has 0 saturated carbocycles. The zero-order valence-electron chi connectivity index (χ0n) is 15.0. The average molecular weight is 361 g/mol. The van der Waals surface area contributed by atoms with Crippen LogP contribution in [0.15, 0.2) is 65.7 Å². The number of urea groups is 1. The summed E-state index contributed by atoms with van der Waals surface area (Å²) in [4.78, 5) is 29.7. The maximum Gasteiger partial charge on any atom is 0.346 e. The Morgan fingerprint density at radius 2 is 1.85 bits per heavy atom. The van der Waals surface area contributed by atoms with E-state index >= 15 is 0 Å². The lowest BCUT2D eigenvalue weighted by atomic mass is 10.1. The molecule has 2 amide bonds. The van der Waals surface area contributed by atoms with Gasteiger partial charge in [0, 0.05) is 5.39 Å². The first-order chi connectivity index (χ1) is 13.2. The minimum atomic E-state index is -0.428. The molecular formula is C21H19N3O3. The van der Waals surface area contributed by atoms with E-state index in [4.69, 9.17) is 4.74 Å². The number of carbonyl (C=O) groups is 2. The molecule has 1 aromatic heterocycles. The number of aliphatic imine (C=N–C) groups is 1. The maximum atomic E-state index is 12.3. The Kier molecular flexibility index (Phi) is 4.46. The molecule has 27 heavy (non-hydrogen) atoms. The minimum absolute atomic E-state index is 0.0977. The van der Waals surface area contributed by atoms with Crippen molar-refractivity contribution < 1.29 is 14.3 Å². The highest BCUT2D eigenvalue weighted by Crippen LogP contribution is 2.29. The second-order valence-corrected chi connectivity index (χ2v) is 6.26. The van der Waals surface area contributed by atoms with Gasteiger partial charge in [-0.2, -0.15) is 4.99 Å². The first kappa shape index (κ1) is 17.0. The van der Waals surface area contributed by atoms with Gasteiger partial charge < -0.3 is 9.64 Å². The normalized spacial score (nSPS) is 13.9. The van der Waals surface area contributed by atoms with E-state index < -0.39 is 12.0 Å². The van der Waals surface area contributed by atoms with Crippen molar-refractivity contribution in [3.05, 3.63) is 60.7 Å². The molecule has 136 valence electrons. The second-order valence-electron chi connectivity index (χ2n) is 6.26. The van der Waals surface area contributed by atoms with Crippen LogP contribution in [0.5, 0.6) is 0 Å². The molecule has 0 spiro atoms. The van der Waals surface area contributed by atoms with Crippen LogP contribution in [0.4, 0.5) is 4.79 Å². The number of amides is 2. The highest BCUT2D eigenvalue weighted by Gasteiger charge is 2.28. The second kappa shape index (κ2) is 7.07. The van der Waals surface area contributed by atoms with E-state index in [1.54, 1.807) is 6.92 Å². The van der Waals surface area contributed by atoms with Crippen LogP contribution in [0, 0.1) is 0 Å². The number of para-hydroxylation sites is 1. The molecule has 0 radical (unpaired) electrons. The molecule has 0 unspecified atom stereocenters. The average Bonchev–Trinajstić information content (AvgIpc) is 3.23. The van der Waals surface area contributed by atoms with Crippen LogP contribution in [0.1, 0.15) is 6.92 Å². The number of carbonyl (C=O) groups excluding carboxylic acids is 2. The van der Waals surface area contributed by atoms with Gasteiger partial charge in [0.15, 0.2) is 0 Å². The molecule has 0 N–H and O–H groups in total. The highest BCUT2D eigenvalue weighted by molar-refractivity contribution is 6.09. The number of nitrogens with zero attached hydrogens (tertiary/aromatic N) is 3. The number of esters is 1. The van der Waals surface area contributed by atoms with Crippen LogP contribution < -0.4 is 0 Å². The molecule has 0 atom stereocenters. The molecule has 0 bridgehead atoms. The lowest BCUT2D eigenvalue weighted by Crippen LogP contribution is -2.34. The summed E-state index contributed by atoms with van der Waals surface area (Å²) in [7, 11) is 0. The van der Waals surface area contributed by atoms with Crippen LogP contribution in [-0.2, 0) is 9.53 Å². The molecule has 2 heterocycles. The third kappa shape index (κ3) is 3.21.